The number of ether oxygens (including phenoxy) is 1. The minimum Gasteiger partial charge on any atom is -0.548 e. The van der Waals surface area contributed by atoms with Crippen molar-refractivity contribution < 1.29 is 19.1 Å². The van der Waals surface area contributed by atoms with Gasteiger partial charge in [0, 0.05) is 7.11 Å². The minimum absolute atomic E-state index is 0.319. The van der Waals surface area contributed by atoms with Crippen molar-refractivity contribution in [3.63, 3.8) is 0 Å². The molecule has 0 aromatic heterocycles. The van der Waals surface area contributed by atoms with Crippen molar-refractivity contribution in [1.29, 1.82) is 0 Å². The highest BCUT2D eigenvalue weighted by atomic mass is 16.5. The van der Waals surface area contributed by atoms with Gasteiger partial charge in [0.15, 0.2) is 0 Å². The third kappa shape index (κ3) is 11.5. The number of carboxylic acids is 1. The van der Waals surface area contributed by atoms with Crippen molar-refractivity contribution in [3.05, 3.63) is 0 Å². The molecular formula is C12H27NO3. The first-order valence-corrected chi connectivity index (χ1v) is 5.98. The Morgan fingerprint density at radius 1 is 1.25 bits per heavy atom. The molecule has 0 aromatic rings. The van der Waals surface area contributed by atoms with Gasteiger partial charge in [-0.05, 0) is 20.3 Å². The van der Waals surface area contributed by atoms with Crippen molar-refractivity contribution >= 4 is 5.97 Å². The number of rotatable bonds is 7. The third-order valence-corrected chi connectivity index (χ3v) is 2.84. The van der Waals surface area contributed by atoms with E-state index >= 15 is 0 Å². The molecule has 0 rings (SSSR count). The average molecular weight is 233 g/mol. The van der Waals surface area contributed by atoms with Gasteiger partial charge in [-0.1, -0.05) is 13.3 Å². The maximum Gasteiger partial charge on any atom is 0.0857 e. The van der Waals surface area contributed by atoms with Crippen LogP contribution in [0.2, 0.25) is 0 Å². The van der Waals surface area contributed by atoms with Gasteiger partial charge in [0.1, 0.15) is 0 Å². The third-order valence-electron chi connectivity index (χ3n) is 2.84. The molecule has 0 aliphatic heterocycles. The van der Waals surface area contributed by atoms with E-state index in [1.807, 2.05) is 0 Å². The molecule has 4 nitrogen and oxygen atoms in total. The van der Waals surface area contributed by atoms with E-state index in [9.17, 15) is 9.90 Å². The molecule has 0 heterocycles. The molecule has 0 unspecified atom stereocenters. The molecule has 0 bridgehead atoms. The van der Waals surface area contributed by atoms with Gasteiger partial charge in [0.2, 0.25) is 0 Å². The standard InChI is InChI=1S/C9H22N.C3H6O3/c1-5-8-9-10(4,6-2)7-3;1-6-2-3(4)5/h5-9H2,1-4H3;2H2,1H3,(H,4,5)/q+1;/p-1. The Bertz CT molecular complexity index is 168. The van der Waals surface area contributed by atoms with Gasteiger partial charge in [0.05, 0.1) is 39.3 Å². The molecule has 0 N–H and O–H groups in total. The lowest BCUT2D eigenvalue weighted by atomic mass is 10.3. The Morgan fingerprint density at radius 2 is 1.75 bits per heavy atom. The molecule has 0 radical (unpaired) electrons. The highest BCUT2D eigenvalue weighted by Crippen LogP contribution is 2.03. The summed E-state index contributed by atoms with van der Waals surface area (Å²) >= 11 is 0. The lowest BCUT2D eigenvalue weighted by molar-refractivity contribution is -0.906. The Hall–Kier alpha value is -0.610. The summed E-state index contributed by atoms with van der Waals surface area (Å²) in [5, 5.41) is 9.36. The van der Waals surface area contributed by atoms with Crippen molar-refractivity contribution in [2.75, 3.05) is 40.4 Å². The normalized spacial score (nSPS) is 10.6. The fraction of sp³-hybridized carbons (Fsp3) is 0.917. The number of methoxy groups -OCH3 is 1. The maximum absolute atomic E-state index is 9.36. The second-order valence-electron chi connectivity index (χ2n) is 4.13. The SMILES string of the molecule is CCCC[N+](C)(CC)CC.COCC(=O)[O-]. The number of hydrogen-bond acceptors (Lipinski definition) is 3. The van der Waals surface area contributed by atoms with Crippen LogP contribution in [0.5, 0.6) is 0 Å². The van der Waals surface area contributed by atoms with Crippen molar-refractivity contribution in [2.24, 2.45) is 0 Å². The molecule has 0 saturated carbocycles. The van der Waals surface area contributed by atoms with Gasteiger partial charge in [0.25, 0.3) is 0 Å². The van der Waals surface area contributed by atoms with Crippen LogP contribution in [-0.4, -0.2) is 50.9 Å². The molecule has 0 spiro atoms. The van der Waals surface area contributed by atoms with Gasteiger partial charge < -0.3 is 19.1 Å². The highest BCUT2D eigenvalue weighted by molar-refractivity contribution is 5.65. The van der Waals surface area contributed by atoms with E-state index in [-0.39, 0.29) is 6.61 Å². The topological polar surface area (TPSA) is 49.4 Å². The summed E-state index contributed by atoms with van der Waals surface area (Å²) in [6.45, 7) is 10.4. The fourth-order valence-electron chi connectivity index (χ4n) is 1.20. The number of aliphatic carboxylic acids is 1. The number of hydrogen-bond donors (Lipinski definition) is 0. The predicted octanol–water partition coefficient (Wildman–Crippen LogP) is 0.656. The summed E-state index contributed by atoms with van der Waals surface area (Å²) in [7, 11) is 3.64. The largest absolute Gasteiger partial charge is 0.548 e. The Morgan fingerprint density at radius 3 is 1.94 bits per heavy atom. The molecule has 0 aliphatic carbocycles. The van der Waals surface area contributed by atoms with E-state index in [2.05, 4.69) is 32.6 Å². The van der Waals surface area contributed by atoms with Crippen LogP contribution in [0.4, 0.5) is 0 Å². The van der Waals surface area contributed by atoms with Crippen LogP contribution in [0.15, 0.2) is 0 Å². The predicted molar refractivity (Wildman–Crippen MR) is 63.9 cm³/mol. The number of unbranched alkanes of at least 4 members (excludes halogenated alkanes) is 1. The molecule has 0 amide bonds. The molecule has 0 atom stereocenters. The molecule has 0 saturated heterocycles. The maximum atomic E-state index is 9.36. The van der Waals surface area contributed by atoms with E-state index < -0.39 is 5.97 Å². The van der Waals surface area contributed by atoms with Crippen LogP contribution in [0.25, 0.3) is 0 Å². The molecule has 98 valence electrons. The van der Waals surface area contributed by atoms with Crippen LogP contribution < -0.4 is 5.11 Å². The quantitative estimate of drug-likeness (QED) is 0.607. The van der Waals surface area contributed by atoms with E-state index in [4.69, 9.17) is 0 Å². The van der Waals surface area contributed by atoms with Gasteiger partial charge in [-0.3, -0.25) is 0 Å². The smallest absolute Gasteiger partial charge is 0.0857 e. The molecule has 16 heavy (non-hydrogen) atoms. The zero-order chi connectivity index (χ0) is 13.0. The van der Waals surface area contributed by atoms with Gasteiger partial charge in [-0.15, -0.1) is 0 Å². The van der Waals surface area contributed by atoms with Crippen molar-refractivity contribution in [3.8, 4) is 0 Å². The van der Waals surface area contributed by atoms with E-state index in [1.165, 1.54) is 44.1 Å². The molecule has 4 heteroatoms. The Balaban J connectivity index is 0. The number of carboxylic acid groups (broad SMARTS) is 1. The summed E-state index contributed by atoms with van der Waals surface area (Å²) in [5.74, 6) is -1.18. The fourth-order valence-corrected chi connectivity index (χ4v) is 1.20. The molecule has 0 aromatic carbocycles. The monoisotopic (exact) mass is 233 g/mol. The summed E-state index contributed by atoms with van der Waals surface area (Å²) in [4.78, 5) is 9.36. The molecule has 0 aliphatic rings. The van der Waals surface area contributed by atoms with E-state index in [0.717, 1.165) is 0 Å². The number of quaternary nitrogens is 1. The van der Waals surface area contributed by atoms with Crippen LogP contribution in [0.1, 0.15) is 33.6 Å². The summed E-state index contributed by atoms with van der Waals surface area (Å²) < 4.78 is 5.39. The van der Waals surface area contributed by atoms with E-state index in [0.29, 0.717) is 0 Å². The average Bonchev–Trinajstić information content (AvgIpc) is 2.26. The Labute approximate surface area is 99.8 Å². The first kappa shape index (κ1) is 17.8. The van der Waals surface area contributed by atoms with E-state index in [1.54, 1.807) is 0 Å². The molecular weight excluding hydrogens is 206 g/mol. The van der Waals surface area contributed by atoms with Crippen LogP contribution in [0.3, 0.4) is 0 Å². The van der Waals surface area contributed by atoms with Crippen molar-refractivity contribution in [1.82, 2.24) is 0 Å². The van der Waals surface area contributed by atoms with Gasteiger partial charge in [-0.2, -0.15) is 0 Å². The number of nitrogens with zero attached hydrogens (tertiary/aromatic N) is 1. The first-order valence-electron chi connectivity index (χ1n) is 5.98. The number of carbonyl (C=O) groups is 1. The first-order chi connectivity index (χ1) is 7.45. The van der Waals surface area contributed by atoms with Crippen LogP contribution >= 0.6 is 0 Å². The Kier molecular flexibility index (Phi) is 12.1. The lowest BCUT2D eigenvalue weighted by Crippen LogP contribution is -2.44. The second kappa shape index (κ2) is 10.9. The summed E-state index contributed by atoms with van der Waals surface area (Å²) in [6, 6.07) is 0. The zero-order valence-corrected chi connectivity index (χ0v) is 11.4. The highest BCUT2D eigenvalue weighted by Gasteiger charge is 2.13. The lowest BCUT2D eigenvalue weighted by Gasteiger charge is -2.31. The van der Waals surface area contributed by atoms with Crippen LogP contribution in [0, 0.1) is 0 Å². The second-order valence-corrected chi connectivity index (χ2v) is 4.13. The minimum atomic E-state index is -1.18. The number of carbonyl (C=O) groups excluding carboxylic acids is 1. The summed E-state index contributed by atoms with van der Waals surface area (Å²) in [5.41, 5.74) is 0. The van der Waals surface area contributed by atoms with Crippen molar-refractivity contribution in [2.45, 2.75) is 33.6 Å². The van der Waals surface area contributed by atoms with Gasteiger partial charge in [-0.25, -0.2) is 0 Å². The summed E-state index contributed by atoms with van der Waals surface area (Å²) in [6.07, 6.45) is 2.70. The molecule has 0 fully saturated rings. The van der Waals surface area contributed by atoms with Crippen LogP contribution in [-0.2, 0) is 9.53 Å². The van der Waals surface area contributed by atoms with Gasteiger partial charge >= 0.3 is 0 Å². The zero-order valence-electron chi connectivity index (χ0n) is 11.4.